The van der Waals surface area contributed by atoms with Crippen LogP contribution in [0.4, 0.5) is 10.1 Å². The fourth-order valence-corrected chi connectivity index (χ4v) is 2.06. The molecule has 2 aromatic rings. The Morgan fingerprint density at radius 1 is 1.05 bits per heavy atom. The van der Waals surface area contributed by atoms with Gasteiger partial charge in [-0.2, -0.15) is 0 Å². The molecule has 1 amide bonds. The first-order chi connectivity index (χ1) is 10.2. The first kappa shape index (κ1) is 13.4. The maximum Gasteiger partial charge on any atom is 0.255 e. The number of ether oxygens (including phenoxy) is 2. The lowest BCUT2D eigenvalue weighted by Crippen LogP contribution is -2.13. The van der Waals surface area contributed by atoms with E-state index >= 15 is 0 Å². The Morgan fingerprint density at radius 2 is 1.81 bits per heavy atom. The number of rotatable bonds is 2. The number of hydrogen-bond donors (Lipinski definition) is 1. The normalized spacial score (nSPS) is 13.4. The number of amides is 1. The molecule has 2 aromatic carbocycles. The molecule has 4 nitrogen and oxygen atoms in total. The molecular weight excluding hydrogens is 273 g/mol. The van der Waals surface area contributed by atoms with Gasteiger partial charge in [0.2, 0.25) is 0 Å². The molecular formula is C16H14FNO3. The van der Waals surface area contributed by atoms with Gasteiger partial charge in [0.25, 0.3) is 5.91 Å². The van der Waals surface area contributed by atoms with Crippen molar-refractivity contribution in [2.24, 2.45) is 0 Å². The van der Waals surface area contributed by atoms with E-state index in [0.717, 1.165) is 6.42 Å². The van der Waals surface area contributed by atoms with Gasteiger partial charge in [-0.1, -0.05) is 12.1 Å². The summed E-state index contributed by atoms with van der Waals surface area (Å²) in [7, 11) is 0. The van der Waals surface area contributed by atoms with E-state index in [1.807, 2.05) is 0 Å². The molecule has 0 saturated carbocycles. The molecule has 1 heterocycles. The SMILES string of the molecule is O=C(Nc1ccccc1F)c1ccc2c(c1)OCCCO2. The Morgan fingerprint density at radius 3 is 2.62 bits per heavy atom. The zero-order valence-corrected chi connectivity index (χ0v) is 11.3. The van der Waals surface area contributed by atoms with Gasteiger partial charge in [0.15, 0.2) is 11.5 Å². The van der Waals surface area contributed by atoms with Crippen molar-refractivity contribution in [1.29, 1.82) is 0 Å². The zero-order chi connectivity index (χ0) is 14.7. The number of nitrogens with one attached hydrogen (secondary N) is 1. The summed E-state index contributed by atoms with van der Waals surface area (Å²) in [5.74, 6) is 0.291. The topological polar surface area (TPSA) is 47.6 Å². The Labute approximate surface area is 121 Å². The van der Waals surface area contributed by atoms with Crippen molar-refractivity contribution in [2.75, 3.05) is 18.5 Å². The van der Waals surface area contributed by atoms with Crippen molar-refractivity contribution in [3.05, 3.63) is 53.8 Å². The summed E-state index contributed by atoms with van der Waals surface area (Å²) < 4.78 is 24.6. The number of fused-ring (bicyclic) bond motifs is 1. The molecule has 108 valence electrons. The van der Waals surface area contributed by atoms with Crippen LogP contribution in [0.25, 0.3) is 0 Å². The lowest BCUT2D eigenvalue weighted by molar-refractivity contribution is 0.102. The van der Waals surface area contributed by atoms with E-state index < -0.39 is 11.7 Å². The number of benzene rings is 2. The Bertz CT molecular complexity index is 672. The van der Waals surface area contributed by atoms with Crippen LogP contribution in [0.5, 0.6) is 11.5 Å². The van der Waals surface area contributed by atoms with Gasteiger partial charge in [-0.15, -0.1) is 0 Å². The quantitative estimate of drug-likeness (QED) is 0.922. The number of carbonyl (C=O) groups excluding carboxylic acids is 1. The standard InChI is InChI=1S/C16H14FNO3/c17-12-4-1-2-5-13(12)18-16(19)11-6-7-14-15(10-11)21-9-3-8-20-14/h1-2,4-7,10H,3,8-9H2,(H,18,19). The van der Waals surface area contributed by atoms with Crippen LogP contribution in [0.3, 0.4) is 0 Å². The van der Waals surface area contributed by atoms with E-state index in [1.165, 1.54) is 12.1 Å². The van der Waals surface area contributed by atoms with Gasteiger partial charge in [-0.05, 0) is 30.3 Å². The smallest absolute Gasteiger partial charge is 0.255 e. The lowest BCUT2D eigenvalue weighted by atomic mass is 10.2. The summed E-state index contributed by atoms with van der Waals surface area (Å²) in [5, 5.41) is 2.54. The highest BCUT2D eigenvalue weighted by Gasteiger charge is 2.15. The Hall–Kier alpha value is -2.56. The van der Waals surface area contributed by atoms with E-state index in [2.05, 4.69) is 5.32 Å². The summed E-state index contributed by atoms with van der Waals surface area (Å²) >= 11 is 0. The van der Waals surface area contributed by atoms with Gasteiger partial charge in [0, 0.05) is 12.0 Å². The highest BCUT2D eigenvalue weighted by atomic mass is 19.1. The fourth-order valence-electron chi connectivity index (χ4n) is 2.06. The average Bonchev–Trinajstić information content (AvgIpc) is 2.74. The van der Waals surface area contributed by atoms with Gasteiger partial charge in [0.05, 0.1) is 18.9 Å². The molecule has 0 saturated heterocycles. The highest BCUT2D eigenvalue weighted by molar-refractivity contribution is 6.04. The van der Waals surface area contributed by atoms with E-state index in [-0.39, 0.29) is 5.69 Å². The first-order valence-corrected chi connectivity index (χ1v) is 6.69. The first-order valence-electron chi connectivity index (χ1n) is 6.69. The van der Waals surface area contributed by atoms with Gasteiger partial charge in [-0.3, -0.25) is 4.79 Å². The second kappa shape index (κ2) is 5.83. The van der Waals surface area contributed by atoms with E-state index in [9.17, 15) is 9.18 Å². The monoisotopic (exact) mass is 287 g/mol. The zero-order valence-electron chi connectivity index (χ0n) is 11.3. The van der Waals surface area contributed by atoms with Crippen molar-refractivity contribution in [1.82, 2.24) is 0 Å². The number of anilines is 1. The third-order valence-corrected chi connectivity index (χ3v) is 3.13. The van der Waals surface area contributed by atoms with Gasteiger partial charge < -0.3 is 14.8 Å². The van der Waals surface area contributed by atoms with E-state index in [1.54, 1.807) is 30.3 Å². The summed E-state index contributed by atoms with van der Waals surface area (Å²) in [4.78, 5) is 12.2. The Balaban J connectivity index is 1.82. The Kier molecular flexibility index (Phi) is 3.73. The number of hydrogen-bond acceptors (Lipinski definition) is 3. The molecule has 3 rings (SSSR count). The number of para-hydroxylation sites is 1. The molecule has 0 aliphatic carbocycles. The maximum absolute atomic E-state index is 13.5. The van der Waals surface area contributed by atoms with Crippen molar-refractivity contribution >= 4 is 11.6 Å². The average molecular weight is 287 g/mol. The van der Waals surface area contributed by atoms with Crippen LogP contribution in [0.15, 0.2) is 42.5 Å². The minimum Gasteiger partial charge on any atom is -0.490 e. The second-order valence-corrected chi connectivity index (χ2v) is 4.65. The molecule has 1 aliphatic rings. The predicted octanol–water partition coefficient (Wildman–Crippen LogP) is 3.24. The third kappa shape index (κ3) is 2.97. The van der Waals surface area contributed by atoms with Crippen LogP contribution in [0.2, 0.25) is 0 Å². The van der Waals surface area contributed by atoms with Crippen molar-refractivity contribution < 1.29 is 18.7 Å². The molecule has 0 unspecified atom stereocenters. The van der Waals surface area contributed by atoms with Crippen LogP contribution >= 0.6 is 0 Å². The van der Waals surface area contributed by atoms with Crippen molar-refractivity contribution in [3.8, 4) is 11.5 Å². The molecule has 0 aromatic heterocycles. The second-order valence-electron chi connectivity index (χ2n) is 4.65. The van der Waals surface area contributed by atoms with Crippen LogP contribution < -0.4 is 14.8 Å². The molecule has 0 bridgehead atoms. The molecule has 1 aliphatic heterocycles. The van der Waals surface area contributed by atoms with E-state index in [4.69, 9.17) is 9.47 Å². The summed E-state index contributed by atoms with van der Waals surface area (Å²) in [6, 6.07) is 11.0. The molecule has 1 N–H and O–H groups in total. The van der Waals surface area contributed by atoms with Gasteiger partial charge in [0.1, 0.15) is 5.82 Å². The molecule has 0 radical (unpaired) electrons. The van der Waals surface area contributed by atoms with Crippen LogP contribution in [0.1, 0.15) is 16.8 Å². The van der Waals surface area contributed by atoms with Gasteiger partial charge in [-0.25, -0.2) is 4.39 Å². The molecule has 0 fully saturated rings. The van der Waals surface area contributed by atoms with Crippen LogP contribution in [-0.4, -0.2) is 19.1 Å². The largest absolute Gasteiger partial charge is 0.490 e. The summed E-state index contributed by atoms with van der Waals surface area (Å²) in [6.45, 7) is 1.14. The maximum atomic E-state index is 13.5. The fraction of sp³-hybridized carbons (Fsp3) is 0.188. The summed E-state index contributed by atoms with van der Waals surface area (Å²) in [6.07, 6.45) is 0.797. The van der Waals surface area contributed by atoms with Crippen LogP contribution in [0, 0.1) is 5.82 Å². The number of carbonyl (C=O) groups is 1. The summed E-state index contributed by atoms with van der Waals surface area (Å²) in [5.41, 5.74) is 0.539. The molecule has 5 heteroatoms. The molecule has 21 heavy (non-hydrogen) atoms. The molecule has 0 spiro atoms. The highest BCUT2D eigenvalue weighted by Crippen LogP contribution is 2.30. The minimum absolute atomic E-state index is 0.148. The lowest BCUT2D eigenvalue weighted by Gasteiger charge is -2.10. The predicted molar refractivity (Wildman–Crippen MR) is 76.4 cm³/mol. The minimum atomic E-state index is -0.472. The van der Waals surface area contributed by atoms with Crippen LogP contribution in [-0.2, 0) is 0 Å². The van der Waals surface area contributed by atoms with Crippen molar-refractivity contribution in [3.63, 3.8) is 0 Å². The van der Waals surface area contributed by atoms with E-state index in [0.29, 0.717) is 30.3 Å². The van der Waals surface area contributed by atoms with Gasteiger partial charge >= 0.3 is 0 Å². The third-order valence-electron chi connectivity index (χ3n) is 3.13. The molecule has 0 atom stereocenters. The van der Waals surface area contributed by atoms with Crippen molar-refractivity contribution in [2.45, 2.75) is 6.42 Å². The number of halogens is 1.